The van der Waals surface area contributed by atoms with Crippen molar-refractivity contribution in [1.82, 2.24) is 9.97 Å². The highest BCUT2D eigenvalue weighted by Crippen LogP contribution is 2.30. The second-order valence-electron chi connectivity index (χ2n) is 3.82. The summed E-state index contributed by atoms with van der Waals surface area (Å²) in [4.78, 5) is 6.53. The fraction of sp³-hybridized carbons (Fsp3) is 0.556. The van der Waals surface area contributed by atoms with E-state index in [2.05, 4.69) is 15.3 Å². The van der Waals surface area contributed by atoms with Gasteiger partial charge >= 0.3 is 6.18 Å². The minimum atomic E-state index is -4.56. The topological polar surface area (TPSA) is 63.8 Å². The molecule has 7 heteroatoms. The number of halogens is 3. The van der Waals surface area contributed by atoms with E-state index in [0.29, 0.717) is 12.5 Å². The van der Waals surface area contributed by atoms with E-state index in [4.69, 9.17) is 5.73 Å². The van der Waals surface area contributed by atoms with Crippen molar-refractivity contribution in [3.05, 3.63) is 11.9 Å². The number of nitrogen functional groups attached to an aromatic ring is 1. The molecule has 1 saturated carbocycles. The summed E-state index contributed by atoms with van der Waals surface area (Å²) in [6.45, 7) is 0.633. The Hall–Kier alpha value is -1.53. The molecule has 1 aliphatic rings. The fourth-order valence-corrected chi connectivity index (χ4v) is 1.25. The molecule has 0 aromatic carbocycles. The number of nitrogens with one attached hydrogen (secondary N) is 1. The predicted octanol–water partition coefficient (Wildman–Crippen LogP) is 1.90. The van der Waals surface area contributed by atoms with Crippen LogP contribution in [0.4, 0.5) is 24.8 Å². The van der Waals surface area contributed by atoms with Crippen LogP contribution in [-0.4, -0.2) is 16.5 Å². The maximum absolute atomic E-state index is 12.4. The number of rotatable bonds is 3. The average Bonchev–Trinajstić information content (AvgIpc) is 2.96. The summed E-state index contributed by atoms with van der Waals surface area (Å²) < 4.78 is 37.1. The first-order valence-corrected chi connectivity index (χ1v) is 4.91. The summed E-state index contributed by atoms with van der Waals surface area (Å²) in [5.74, 6) is -0.705. The van der Waals surface area contributed by atoms with Crippen molar-refractivity contribution >= 4 is 11.6 Å². The Bertz CT molecular complexity index is 387. The number of nitrogens with zero attached hydrogens (tertiary/aromatic N) is 2. The molecule has 1 aliphatic carbocycles. The van der Waals surface area contributed by atoms with E-state index in [1.807, 2.05) is 0 Å². The molecule has 0 amide bonds. The van der Waals surface area contributed by atoms with E-state index in [9.17, 15) is 13.2 Å². The first-order valence-electron chi connectivity index (χ1n) is 4.91. The van der Waals surface area contributed by atoms with Gasteiger partial charge in [-0.3, -0.25) is 0 Å². The van der Waals surface area contributed by atoms with Crippen molar-refractivity contribution in [1.29, 1.82) is 0 Å². The Labute approximate surface area is 90.1 Å². The Morgan fingerprint density at radius 1 is 1.38 bits per heavy atom. The largest absolute Gasteiger partial charge is 0.451 e. The quantitative estimate of drug-likeness (QED) is 0.835. The van der Waals surface area contributed by atoms with Gasteiger partial charge < -0.3 is 11.1 Å². The summed E-state index contributed by atoms with van der Waals surface area (Å²) in [6, 6.07) is 1.30. The van der Waals surface area contributed by atoms with Gasteiger partial charge in [0.2, 0.25) is 5.82 Å². The summed E-state index contributed by atoms with van der Waals surface area (Å²) in [5.41, 5.74) is 5.29. The number of anilines is 2. The lowest BCUT2D eigenvalue weighted by Crippen LogP contribution is -2.15. The van der Waals surface area contributed by atoms with Crippen molar-refractivity contribution in [2.45, 2.75) is 19.0 Å². The van der Waals surface area contributed by atoms with Gasteiger partial charge in [0.1, 0.15) is 11.6 Å². The van der Waals surface area contributed by atoms with Crippen LogP contribution < -0.4 is 11.1 Å². The number of hydrogen-bond acceptors (Lipinski definition) is 4. The zero-order valence-corrected chi connectivity index (χ0v) is 8.38. The van der Waals surface area contributed by atoms with Gasteiger partial charge in [-0.25, -0.2) is 9.97 Å². The molecule has 0 unspecified atom stereocenters. The molecule has 16 heavy (non-hydrogen) atoms. The highest BCUT2D eigenvalue weighted by atomic mass is 19.4. The van der Waals surface area contributed by atoms with Crippen LogP contribution >= 0.6 is 0 Å². The van der Waals surface area contributed by atoms with Crippen molar-refractivity contribution in [3.63, 3.8) is 0 Å². The molecule has 1 fully saturated rings. The summed E-state index contributed by atoms with van der Waals surface area (Å²) in [6.07, 6.45) is -2.34. The zero-order chi connectivity index (χ0) is 11.8. The molecule has 4 nitrogen and oxygen atoms in total. The summed E-state index contributed by atoms with van der Waals surface area (Å²) in [5, 5.41) is 2.83. The molecule has 0 saturated heterocycles. The van der Waals surface area contributed by atoms with Crippen molar-refractivity contribution in [3.8, 4) is 0 Å². The van der Waals surface area contributed by atoms with Crippen LogP contribution in [0.15, 0.2) is 6.07 Å². The maximum atomic E-state index is 12.4. The fourth-order valence-electron chi connectivity index (χ4n) is 1.25. The third-order valence-corrected chi connectivity index (χ3v) is 2.27. The Kier molecular flexibility index (Phi) is 2.61. The van der Waals surface area contributed by atoms with Crippen LogP contribution in [0.2, 0.25) is 0 Å². The molecule has 88 valence electrons. The van der Waals surface area contributed by atoms with Crippen molar-refractivity contribution in [2.24, 2.45) is 5.92 Å². The standard InChI is InChI=1S/C9H11F3N4/c10-9(11,12)8-15-6(13)3-7(16-8)14-4-5-1-2-5/h3,5H,1-2,4H2,(H3,13,14,15,16). The van der Waals surface area contributed by atoms with Gasteiger partial charge in [-0.2, -0.15) is 13.2 Å². The molecule has 1 heterocycles. The van der Waals surface area contributed by atoms with Gasteiger partial charge in [-0.05, 0) is 18.8 Å². The van der Waals surface area contributed by atoms with Gasteiger partial charge in [-0.15, -0.1) is 0 Å². The SMILES string of the molecule is Nc1cc(NCC2CC2)nc(C(F)(F)F)n1. The average molecular weight is 232 g/mol. The minimum Gasteiger partial charge on any atom is -0.384 e. The lowest BCUT2D eigenvalue weighted by molar-refractivity contribution is -0.144. The van der Waals surface area contributed by atoms with E-state index < -0.39 is 12.0 Å². The second kappa shape index (κ2) is 3.80. The molecular weight excluding hydrogens is 221 g/mol. The molecular formula is C9H11F3N4. The molecule has 0 atom stereocenters. The third-order valence-electron chi connectivity index (χ3n) is 2.27. The normalized spacial score (nSPS) is 16.2. The van der Waals surface area contributed by atoms with Crippen LogP contribution in [0.3, 0.4) is 0 Å². The second-order valence-corrected chi connectivity index (χ2v) is 3.82. The van der Waals surface area contributed by atoms with Gasteiger partial charge in [0.15, 0.2) is 0 Å². The Morgan fingerprint density at radius 3 is 2.62 bits per heavy atom. The van der Waals surface area contributed by atoms with Crippen LogP contribution in [0.1, 0.15) is 18.7 Å². The summed E-state index contributed by atoms with van der Waals surface area (Å²) in [7, 11) is 0. The van der Waals surface area contributed by atoms with Gasteiger partial charge in [0, 0.05) is 12.6 Å². The van der Waals surface area contributed by atoms with Crippen molar-refractivity contribution < 1.29 is 13.2 Å². The number of aromatic nitrogens is 2. The van der Waals surface area contributed by atoms with Gasteiger partial charge in [0.25, 0.3) is 0 Å². The lowest BCUT2D eigenvalue weighted by atomic mass is 10.4. The van der Waals surface area contributed by atoms with Gasteiger partial charge in [-0.1, -0.05) is 0 Å². The van der Waals surface area contributed by atoms with E-state index in [0.717, 1.165) is 12.8 Å². The Balaban J connectivity index is 2.14. The molecule has 1 aromatic heterocycles. The molecule has 0 radical (unpaired) electrons. The van der Waals surface area contributed by atoms with E-state index in [-0.39, 0.29) is 11.6 Å². The molecule has 0 bridgehead atoms. The smallest absolute Gasteiger partial charge is 0.384 e. The summed E-state index contributed by atoms with van der Waals surface area (Å²) >= 11 is 0. The Morgan fingerprint density at radius 2 is 2.06 bits per heavy atom. The van der Waals surface area contributed by atoms with E-state index in [1.165, 1.54) is 6.07 Å². The molecule has 0 spiro atoms. The monoisotopic (exact) mass is 232 g/mol. The highest BCUT2D eigenvalue weighted by molar-refractivity contribution is 5.45. The first-order chi connectivity index (χ1) is 7.45. The van der Waals surface area contributed by atoms with E-state index >= 15 is 0 Å². The number of hydrogen-bond donors (Lipinski definition) is 2. The molecule has 0 aliphatic heterocycles. The molecule has 1 aromatic rings. The molecule has 3 N–H and O–H groups in total. The van der Waals surface area contributed by atoms with Crippen LogP contribution in [0, 0.1) is 5.92 Å². The zero-order valence-electron chi connectivity index (χ0n) is 8.38. The van der Waals surface area contributed by atoms with Crippen LogP contribution in [0.25, 0.3) is 0 Å². The first kappa shape index (κ1) is 11.0. The lowest BCUT2D eigenvalue weighted by Gasteiger charge is -2.09. The van der Waals surface area contributed by atoms with E-state index in [1.54, 1.807) is 0 Å². The van der Waals surface area contributed by atoms with Crippen LogP contribution in [-0.2, 0) is 6.18 Å². The maximum Gasteiger partial charge on any atom is 0.451 e. The van der Waals surface area contributed by atoms with Crippen LogP contribution in [0.5, 0.6) is 0 Å². The third kappa shape index (κ3) is 2.74. The van der Waals surface area contributed by atoms with Gasteiger partial charge in [0.05, 0.1) is 0 Å². The molecule has 2 rings (SSSR count). The van der Waals surface area contributed by atoms with Crippen molar-refractivity contribution in [2.75, 3.05) is 17.6 Å². The number of alkyl halides is 3. The number of nitrogens with two attached hydrogens (primary N) is 1. The minimum absolute atomic E-state index is 0.131. The predicted molar refractivity (Wildman–Crippen MR) is 52.7 cm³/mol. The highest BCUT2D eigenvalue weighted by Gasteiger charge is 2.35.